The molecule has 0 aliphatic rings. The van der Waals surface area contributed by atoms with Crippen molar-refractivity contribution in [3.8, 4) is 11.1 Å². The van der Waals surface area contributed by atoms with E-state index in [1.165, 1.54) is 12.1 Å². The summed E-state index contributed by atoms with van der Waals surface area (Å²) in [5, 5.41) is 0. The number of nitrogens with two attached hydrogens (primary N) is 1. The molecule has 0 spiro atoms. The van der Waals surface area contributed by atoms with Crippen LogP contribution in [0.25, 0.3) is 11.1 Å². The molecular weight excluding hydrogens is 296 g/mol. The topological polar surface area (TPSA) is 60.2 Å². The van der Waals surface area contributed by atoms with Gasteiger partial charge in [-0.15, -0.1) is 0 Å². The summed E-state index contributed by atoms with van der Waals surface area (Å²) in [5.41, 5.74) is 6.58. The third-order valence-corrected chi connectivity index (χ3v) is 4.05. The summed E-state index contributed by atoms with van der Waals surface area (Å²) in [7, 11) is -1.46. The molecule has 2 N–H and O–H groups in total. The zero-order valence-electron chi connectivity index (χ0n) is 11.0. The largest absolute Gasteiger partial charge is 0.369 e. The Morgan fingerprint density at radius 3 is 2.33 bits per heavy atom. The average Bonchev–Trinajstić information content (AvgIpc) is 2.37. The van der Waals surface area contributed by atoms with Crippen molar-refractivity contribution in [3.05, 3.63) is 59.7 Å². The highest BCUT2D eigenvalue weighted by Gasteiger charge is 2.11. The lowest BCUT2D eigenvalue weighted by molar-refractivity contribution is -0.115. The number of hydrogen-bond acceptors (Lipinski definition) is 2. The van der Waals surface area contributed by atoms with Gasteiger partial charge in [0.05, 0.1) is 0 Å². The molecular formula is C15H13F2NO2S. The Morgan fingerprint density at radius 1 is 1.10 bits per heavy atom. The van der Waals surface area contributed by atoms with Gasteiger partial charge in [0.15, 0.2) is 0 Å². The number of carbonyl (C=O) groups is 1. The van der Waals surface area contributed by atoms with E-state index in [0.717, 1.165) is 6.07 Å². The first-order valence-corrected chi connectivity index (χ1v) is 7.62. The van der Waals surface area contributed by atoms with Gasteiger partial charge in [-0.3, -0.25) is 9.00 Å². The third-order valence-electron chi connectivity index (χ3n) is 2.81. The van der Waals surface area contributed by atoms with Crippen molar-refractivity contribution in [1.82, 2.24) is 0 Å². The minimum atomic E-state index is -1.46. The summed E-state index contributed by atoms with van der Waals surface area (Å²) in [6.45, 7) is 0. The minimum Gasteiger partial charge on any atom is -0.369 e. The molecule has 1 unspecified atom stereocenters. The first-order chi connectivity index (χ1) is 9.95. The maximum absolute atomic E-state index is 13.3. The van der Waals surface area contributed by atoms with Crippen LogP contribution in [0.5, 0.6) is 0 Å². The van der Waals surface area contributed by atoms with Crippen LogP contribution in [0.2, 0.25) is 0 Å². The van der Waals surface area contributed by atoms with Crippen molar-refractivity contribution in [2.24, 2.45) is 5.73 Å². The van der Waals surface area contributed by atoms with Crippen LogP contribution >= 0.6 is 0 Å². The van der Waals surface area contributed by atoms with Crippen molar-refractivity contribution in [1.29, 1.82) is 0 Å². The highest BCUT2D eigenvalue weighted by Crippen LogP contribution is 2.26. The lowest BCUT2D eigenvalue weighted by Gasteiger charge is -2.09. The van der Waals surface area contributed by atoms with Crippen LogP contribution in [0.15, 0.2) is 42.5 Å². The Morgan fingerprint density at radius 2 is 1.71 bits per heavy atom. The molecule has 6 heteroatoms. The molecule has 0 heterocycles. The number of hydrogen-bond donors (Lipinski definition) is 1. The maximum Gasteiger partial charge on any atom is 0.230 e. The summed E-state index contributed by atoms with van der Waals surface area (Å²) in [6, 6.07) is 10.0. The van der Waals surface area contributed by atoms with Crippen molar-refractivity contribution in [3.63, 3.8) is 0 Å². The molecule has 2 aromatic rings. The van der Waals surface area contributed by atoms with Crippen LogP contribution in [0.1, 0.15) is 5.56 Å². The van der Waals surface area contributed by atoms with Crippen molar-refractivity contribution < 1.29 is 17.8 Å². The molecule has 0 bridgehead atoms. The second-order valence-electron chi connectivity index (χ2n) is 4.51. The van der Waals surface area contributed by atoms with Gasteiger partial charge >= 0.3 is 0 Å². The molecule has 0 saturated heterocycles. The van der Waals surface area contributed by atoms with Gasteiger partial charge < -0.3 is 5.73 Å². The molecule has 0 aliphatic heterocycles. The van der Waals surface area contributed by atoms with Crippen LogP contribution in [-0.2, 0) is 21.3 Å². The van der Waals surface area contributed by atoms with Gasteiger partial charge in [-0.1, -0.05) is 24.3 Å². The zero-order chi connectivity index (χ0) is 15.4. The average molecular weight is 309 g/mol. The quantitative estimate of drug-likeness (QED) is 0.921. The summed E-state index contributed by atoms with van der Waals surface area (Å²) < 4.78 is 38.4. The van der Waals surface area contributed by atoms with Crippen LogP contribution in [0.3, 0.4) is 0 Å². The molecule has 2 rings (SSSR count). The number of rotatable bonds is 5. The summed E-state index contributed by atoms with van der Waals surface area (Å²) in [6.07, 6.45) is 0. The normalized spacial score (nSPS) is 12.1. The van der Waals surface area contributed by atoms with Gasteiger partial charge in [-0.2, -0.15) is 0 Å². The second kappa shape index (κ2) is 6.58. The van der Waals surface area contributed by atoms with E-state index < -0.39 is 28.3 Å². The monoisotopic (exact) mass is 309 g/mol. The number of amides is 1. The Kier molecular flexibility index (Phi) is 4.80. The SMILES string of the molecule is NC(=O)CS(=O)Cc1ccccc1-c1cc(F)cc(F)c1. The Balaban J connectivity index is 2.36. The van der Waals surface area contributed by atoms with E-state index >= 15 is 0 Å². The summed E-state index contributed by atoms with van der Waals surface area (Å²) in [5.74, 6) is -2.16. The molecule has 0 radical (unpaired) electrons. The molecule has 21 heavy (non-hydrogen) atoms. The lowest BCUT2D eigenvalue weighted by Crippen LogP contribution is -2.20. The fraction of sp³-hybridized carbons (Fsp3) is 0.133. The van der Waals surface area contributed by atoms with Crippen LogP contribution < -0.4 is 5.73 Å². The minimum absolute atomic E-state index is 0.0945. The van der Waals surface area contributed by atoms with Gasteiger partial charge in [0.25, 0.3) is 0 Å². The van der Waals surface area contributed by atoms with E-state index in [0.29, 0.717) is 16.7 Å². The number of primary amides is 1. The van der Waals surface area contributed by atoms with Crippen molar-refractivity contribution in [2.45, 2.75) is 5.75 Å². The van der Waals surface area contributed by atoms with Crippen LogP contribution in [-0.4, -0.2) is 15.9 Å². The Labute approximate surface area is 123 Å². The second-order valence-corrected chi connectivity index (χ2v) is 5.97. The van der Waals surface area contributed by atoms with E-state index in [1.54, 1.807) is 24.3 Å². The fourth-order valence-corrected chi connectivity index (χ4v) is 3.04. The first kappa shape index (κ1) is 15.3. The third kappa shape index (κ3) is 4.19. The number of halogens is 2. The maximum atomic E-state index is 13.3. The van der Waals surface area contributed by atoms with Crippen molar-refractivity contribution >= 4 is 16.7 Å². The highest BCUT2D eigenvalue weighted by molar-refractivity contribution is 7.84. The first-order valence-electron chi connectivity index (χ1n) is 6.13. The van der Waals surface area contributed by atoms with Gasteiger partial charge in [0.1, 0.15) is 17.4 Å². The molecule has 0 aromatic heterocycles. The zero-order valence-corrected chi connectivity index (χ0v) is 11.8. The van der Waals surface area contributed by atoms with Crippen LogP contribution in [0.4, 0.5) is 8.78 Å². The predicted octanol–water partition coefficient (Wildman–Crippen LogP) is 2.37. The number of carbonyl (C=O) groups excluding carboxylic acids is 1. The summed E-state index contributed by atoms with van der Waals surface area (Å²) >= 11 is 0. The smallest absolute Gasteiger partial charge is 0.230 e. The predicted molar refractivity (Wildman–Crippen MR) is 77.7 cm³/mol. The van der Waals surface area contributed by atoms with E-state index in [-0.39, 0.29) is 11.5 Å². The Hall–Kier alpha value is -2.08. The van der Waals surface area contributed by atoms with E-state index in [4.69, 9.17) is 5.73 Å². The van der Waals surface area contributed by atoms with Crippen molar-refractivity contribution in [2.75, 3.05) is 5.75 Å². The fourth-order valence-electron chi connectivity index (χ4n) is 2.02. The molecule has 0 aliphatic carbocycles. The highest BCUT2D eigenvalue weighted by atomic mass is 32.2. The van der Waals surface area contributed by atoms with E-state index in [9.17, 15) is 17.8 Å². The molecule has 1 amide bonds. The molecule has 0 fully saturated rings. The van der Waals surface area contributed by atoms with Gasteiger partial charge in [-0.25, -0.2) is 8.78 Å². The molecule has 1 atom stereocenters. The molecule has 2 aromatic carbocycles. The molecule has 3 nitrogen and oxygen atoms in total. The van der Waals surface area contributed by atoms with Crippen LogP contribution in [0, 0.1) is 11.6 Å². The number of benzene rings is 2. The molecule has 110 valence electrons. The Bertz CT molecular complexity index is 684. The van der Waals surface area contributed by atoms with Gasteiger partial charge in [0.2, 0.25) is 5.91 Å². The van der Waals surface area contributed by atoms with E-state index in [2.05, 4.69) is 0 Å². The lowest BCUT2D eigenvalue weighted by atomic mass is 10.0. The molecule has 0 saturated carbocycles. The summed E-state index contributed by atoms with van der Waals surface area (Å²) in [4.78, 5) is 10.8. The van der Waals surface area contributed by atoms with E-state index in [1.807, 2.05) is 0 Å². The standard InChI is InChI=1S/C15H13F2NO2S/c16-12-5-11(6-13(17)7-12)14-4-2-1-3-10(14)8-21(20)9-15(18)19/h1-7H,8-9H2,(H2,18,19). The van der Waals surface area contributed by atoms with Gasteiger partial charge in [0, 0.05) is 22.6 Å². The van der Waals surface area contributed by atoms with Gasteiger partial charge in [-0.05, 0) is 28.8 Å².